The van der Waals surface area contributed by atoms with E-state index >= 15 is 0 Å². The number of fused-ring (bicyclic) bond motifs is 1. The number of carbonyl (C=O) groups excluding carboxylic acids is 1. The Morgan fingerprint density at radius 1 is 1.33 bits per heavy atom. The predicted octanol–water partition coefficient (Wildman–Crippen LogP) is 1.95. The van der Waals surface area contributed by atoms with Gasteiger partial charge in [-0.2, -0.15) is 0 Å². The van der Waals surface area contributed by atoms with E-state index in [1.54, 1.807) is 43.5 Å². The van der Waals surface area contributed by atoms with E-state index in [4.69, 9.17) is 9.15 Å². The van der Waals surface area contributed by atoms with Crippen molar-refractivity contribution in [3.63, 3.8) is 0 Å². The van der Waals surface area contributed by atoms with E-state index in [9.17, 15) is 9.59 Å². The number of furan rings is 1. The van der Waals surface area contributed by atoms with E-state index < -0.39 is 5.97 Å². The summed E-state index contributed by atoms with van der Waals surface area (Å²) in [6.07, 6.45) is 1.63. The Morgan fingerprint density at radius 3 is 2.95 bits per heavy atom. The second-order valence-corrected chi connectivity index (χ2v) is 4.50. The van der Waals surface area contributed by atoms with Gasteiger partial charge in [0, 0.05) is 12.3 Å². The van der Waals surface area contributed by atoms with Gasteiger partial charge in [-0.3, -0.25) is 9.20 Å². The van der Waals surface area contributed by atoms with Crippen LogP contribution >= 0.6 is 0 Å². The second kappa shape index (κ2) is 5.24. The van der Waals surface area contributed by atoms with Crippen molar-refractivity contribution in [2.24, 2.45) is 0 Å². The molecule has 0 saturated carbocycles. The summed E-state index contributed by atoms with van der Waals surface area (Å²) in [5, 5.41) is 0. The zero-order valence-corrected chi connectivity index (χ0v) is 11.3. The molecule has 0 aliphatic heterocycles. The van der Waals surface area contributed by atoms with Crippen LogP contribution in [0.4, 0.5) is 0 Å². The fourth-order valence-electron chi connectivity index (χ4n) is 1.93. The number of carbonyl (C=O) groups is 1. The highest BCUT2D eigenvalue weighted by Crippen LogP contribution is 2.09. The number of ether oxygens (including phenoxy) is 1. The molecule has 3 heterocycles. The average molecular weight is 284 g/mol. The third kappa shape index (κ3) is 2.69. The minimum atomic E-state index is -0.585. The van der Waals surface area contributed by atoms with Crippen LogP contribution in [0.5, 0.6) is 0 Å². The fourth-order valence-corrected chi connectivity index (χ4v) is 1.93. The van der Waals surface area contributed by atoms with Gasteiger partial charge >= 0.3 is 5.97 Å². The number of esters is 1. The molecule has 0 spiro atoms. The molecule has 0 radical (unpaired) electrons. The van der Waals surface area contributed by atoms with Gasteiger partial charge in [0.15, 0.2) is 0 Å². The van der Waals surface area contributed by atoms with Crippen molar-refractivity contribution in [1.29, 1.82) is 0 Å². The van der Waals surface area contributed by atoms with Gasteiger partial charge in [0.25, 0.3) is 5.56 Å². The number of nitrogens with zero attached hydrogens (tertiary/aromatic N) is 2. The standard InChI is InChI=1S/C15H12N2O4/c1-10-5-6-12(21-10)15(19)20-9-11-8-14(18)17-7-3-2-4-13(17)16-11/h2-8H,9H2,1H3. The summed E-state index contributed by atoms with van der Waals surface area (Å²) < 4.78 is 11.7. The molecule has 0 fully saturated rings. The number of hydrogen-bond donors (Lipinski definition) is 0. The molecule has 6 nitrogen and oxygen atoms in total. The first kappa shape index (κ1) is 13.1. The molecule has 0 atom stereocenters. The van der Waals surface area contributed by atoms with E-state index in [0.717, 1.165) is 0 Å². The van der Waals surface area contributed by atoms with Crippen molar-refractivity contribution < 1.29 is 13.9 Å². The zero-order valence-electron chi connectivity index (χ0n) is 11.3. The van der Waals surface area contributed by atoms with Gasteiger partial charge in [-0.1, -0.05) is 6.07 Å². The van der Waals surface area contributed by atoms with Crippen LogP contribution in [0.1, 0.15) is 22.0 Å². The van der Waals surface area contributed by atoms with Crippen molar-refractivity contribution in [2.45, 2.75) is 13.5 Å². The van der Waals surface area contributed by atoms with E-state index in [1.807, 2.05) is 0 Å². The number of pyridine rings is 1. The Morgan fingerprint density at radius 2 is 2.19 bits per heavy atom. The summed E-state index contributed by atoms with van der Waals surface area (Å²) in [6, 6.07) is 9.80. The Labute approximate surface area is 119 Å². The van der Waals surface area contributed by atoms with Crippen molar-refractivity contribution in [2.75, 3.05) is 0 Å². The molecule has 0 bridgehead atoms. The molecule has 0 unspecified atom stereocenters. The van der Waals surface area contributed by atoms with Gasteiger partial charge < -0.3 is 9.15 Å². The second-order valence-electron chi connectivity index (χ2n) is 4.50. The largest absolute Gasteiger partial charge is 0.454 e. The zero-order chi connectivity index (χ0) is 14.8. The monoisotopic (exact) mass is 284 g/mol. The molecule has 0 aliphatic carbocycles. The lowest BCUT2D eigenvalue weighted by molar-refractivity contribution is 0.0429. The minimum Gasteiger partial charge on any atom is -0.454 e. The van der Waals surface area contributed by atoms with E-state index in [0.29, 0.717) is 17.1 Å². The molecule has 0 N–H and O–H groups in total. The molecule has 6 heteroatoms. The molecule has 106 valence electrons. The predicted molar refractivity (Wildman–Crippen MR) is 74.0 cm³/mol. The molecule has 0 aliphatic rings. The van der Waals surface area contributed by atoms with Crippen LogP contribution in [0.15, 0.2) is 51.8 Å². The first-order chi connectivity index (χ1) is 10.1. The van der Waals surface area contributed by atoms with Gasteiger partial charge in [0.2, 0.25) is 5.76 Å². The lowest BCUT2D eigenvalue weighted by Gasteiger charge is -2.04. The SMILES string of the molecule is Cc1ccc(C(=O)OCc2cc(=O)n3ccccc3n2)o1. The van der Waals surface area contributed by atoms with E-state index in [1.165, 1.54) is 10.5 Å². The highest BCUT2D eigenvalue weighted by atomic mass is 16.5. The molecule has 21 heavy (non-hydrogen) atoms. The molecule has 3 rings (SSSR count). The van der Waals surface area contributed by atoms with Gasteiger partial charge in [-0.05, 0) is 31.2 Å². The third-order valence-electron chi connectivity index (χ3n) is 2.92. The molecule has 3 aromatic rings. The summed E-state index contributed by atoms with van der Waals surface area (Å²) in [5.41, 5.74) is 0.674. The Balaban J connectivity index is 1.79. The first-order valence-electron chi connectivity index (χ1n) is 6.34. The Bertz CT molecular complexity index is 863. The highest BCUT2D eigenvalue weighted by molar-refractivity contribution is 5.86. The number of hydrogen-bond acceptors (Lipinski definition) is 5. The van der Waals surface area contributed by atoms with Gasteiger partial charge in [-0.15, -0.1) is 0 Å². The van der Waals surface area contributed by atoms with Crippen molar-refractivity contribution in [1.82, 2.24) is 9.38 Å². The summed E-state index contributed by atoms with van der Waals surface area (Å²) in [4.78, 5) is 27.9. The number of rotatable bonds is 3. The lowest BCUT2D eigenvalue weighted by atomic mass is 10.4. The normalized spacial score (nSPS) is 10.7. The summed E-state index contributed by atoms with van der Waals surface area (Å²) in [7, 11) is 0. The summed E-state index contributed by atoms with van der Waals surface area (Å²) in [5.74, 6) is 0.173. The molecular weight excluding hydrogens is 272 g/mol. The van der Waals surface area contributed by atoms with Crippen LogP contribution in [-0.4, -0.2) is 15.4 Å². The topological polar surface area (TPSA) is 73.8 Å². The van der Waals surface area contributed by atoms with Crippen molar-refractivity contribution >= 4 is 11.6 Å². The Kier molecular flexibility index (Phi) is 3.27. The van der Waals surface area contributed by atoms with Gasteiger partial charge in [-0.25, -0.2) is 9.78 Å². The van der Waals surface area contributed by atoms with E-state index in [-0.39, 0.29) is 17.9 Å². The molecule has 0 saturated heterocycles. The maximum atomic E-state index is 11.9. The van der Waals surface area contributed by atoms with Crippen LogP contribution in [0.2, 0.25) is 0 Å². The van der Waals surface area contributed by atoms with Crippen molar-refractivity contribution in [3.8, 4) is 0 Å². The van der Waals surface area contributed by atoms with E-state index in [2.05, 4.69) is 4.98 Å². The van der Waals surface area contributed by atoms with Crippen LogP contribution < -0.4 is 5.56 Å². The van der Waals surface area contributed by atoms with Gasteiger partial charge in [0.05, 0.1) is 5.69 Å². The molecule has 0 aromatic carbocycles. The summed E-state index contributed by atoms with van der Waals surface area (Å²) in [6.45, 7) is 1.65. The molecular formula is C15H12N2O4. The third-order valence-corrected chi connectivity index (χ3v) is 2.92. The fraction of sp³-hybridized carbons (Fsp3) is 0.133. The quantitative estimate of drug-likeness (QED) is 0.687. The minimum absolute atomic E-state index is 0.0841. The smallest absolute Gasteiger partial charge is 0.374 e. The maximum absolute atomic E-state index is 11.9. The summed E-state index contributed by atoms with van der Waals surface area (Å²) >= 11 is 0. The number of aryl methyl sites for hydroxylation is 1. The maximum Gasteiger partial charge on any atom is 0.374 e. The van der Waals surface area contributed by atoms with Crippen LogP contribution in [0.25, 0.3) is 5.65 Å². The van der Waals surface area contributed by atoms with Gasteiger partial charge in [0.1, 0.15) is 18.0 Å². The highest BCUT2D eigenvalue weighted by Gasteiger charge is 2.12. The number of aromatic nitrogens is 2. The molecule has 3 aromatic heterocycles. The lowest BCUT2D eigenvalue weighted by Crippen LogP contribution is -2.16. The van der Waals surface area contributed by atoms with Crippen LogP contribution in [0.3, 0.4) is 0 Å². The van der Waals surface area contributed by atoms with Crippen molar-refractivity contribution in [3.05, 3.63) is 70.2 Å². The van der Waals surface area contributed by atoms with Crippen LogP contribution in [-0.2, 0) is 11.3 Å². The molecule has 0 amide bonds. The first-order valence-corrected chi connectivity index (χ1v) is 6.34. The Hall–Kier alpha value is -2.89. The average Bonchev–Trinajstić information content (AvgIpc) is 2.91. The van der Waals surface area contributed by atoms with Crippen LogP contribution in [0, 0.1) is 6.92 Å².